The van der Waals surface area contributed by atoms with E-state index < -0.39 is 0 Å². The Morgan fingerprint density at radius 2 is 0.775 bits per heavy atom. The maximum absolute atomic E-state index is 4.81. The molecule has 0 bridgehead atoms. The monoisotopic (exact) mass is 1080 g/mol. The highest BCUT2D eigenvalue weighted by molar-refractivity contribution is 5.98. The summed E-state index contributed by atoms with van der Waals surface area (Å²) in [5.74, 6) is 3.86. The van der Waals surface area contributed by atoms with Crippen molar-refractivity contribution in [2.45, 2.75) is 232 Å². The van der Waals surface area contributed by atoms with E-state index in [-0.39, 0.29) is 27.1 Å². The molecule has 3 aromatic heterocycles. The Bertz CT molecular complexity index is 3230. The van der Waals surface area contributed by atoms with Gasteiger partial charge in [0.1, 0.15) is 5.82 Å². The summed E-state index contributed by atoms with van der Waals surface area (Å²) in [6, 6.07) is 37.9. The number of benzene rings is 5. The van der Waals surface area contributed by atoms with Gasteiger partial charge in [0, 0.05) is 68.8 Å². The molecule has 0 spiro atoms. The second-order valence-electron chi connectivity index (χ2n) is 29.7. The zero-order chi connectivity index (χ0) is 59.6. The standard InChI is InChI=1S/2C16H23N.C15H21N.C14H19N.C13H18N2/c2*1-15(2,3)12-8-7-11-9-14(16(4,5)6)17-13(11)10-12;1-10(2)11-6-7-12-9-14(15(3,4)5)16-13(12)8-11;1-9(2)11-5-6-12-8-13(10(3)4)15-14(12)7-11;1-8(2)10-5-6-11-12(7-10)15-13(14-11)9(3)4/h2*7-8,10H,9H2,1-6H3;6-10,16H,1-5H3;5-10,15H,1-4H3;5-9H,1-4H3,(H,14,15). The minimum absolute atomic E-state index is 0.181. The number of H-pyrrole nitrogens is 3. The highest BCUT2D eigenvalue weighted by atomic mass is 14.9. The maximum atomic E-state index is 4.81. The van der Waals surface area contributed by atoms with Crippen LogP contribution in [0.25, 0.3) is 32.8 Å². The minimum Gasteiger partial charge on any atom is -0.358 e. The van der Waals surface area contributed by atoms with E-state index in [1.807, 2.05) is 0 Å². The Morgan fingerprint density at radius 3 is 1.16 bits per heavy atom. The molecule has 0 saturated heterocycles. The quantitative estimate of drug-likeness (QED) is 0.158. The van der Waals surface area contributed by atoms with E-state index in [0.29, 0.717) is 29.6 Å². The summed E-state index contributed by atoms with van der Waals surface area (Å²) in [6.45, 7) is 55.7. The van der Waals surface area contributed by atoms with Gasteiger partial charge in [0.2, 0.25) is 0 Å². The molecular formula is C74H104N6. The molecule has 6 nitrogen and oxygen atoms in total. The Balaban J connectivity index is 0.000000161. The summed E-state index contributed by atoms with van der Waals surface area (Å²) in [5.41, 5.74) is 23.0. The summed E-state index contributed by atoms with van der Waals surface area (Å²) in [6.07, 6.45) is 2.03. The summed E-state index contributed by atoms with van der Waals surface area (Å²) < 4.78 is 0. The van der Waals surface area contributed by atoms with Crippen LogP contribution in [0.5, 0.6) is 0 Å². The lowest BCUT2D eigenvalue weighted by molar-refractivity contribution is 0.574. The van der Waals surface area contributed by atoms with Crippen LogP contribution in [0.15, 0.2) is 113 Å². The van der Waals surface area contributed by atoms with E-state index >= 15 is 0 Å². The van der Waals surface area contributed by atoms with Crippen molar-refractivity contribution >= 4 is 55.6 Å². The van der Waals surface area contributed by atoms with Crippen molar-refractivity contribution < 1.29 is 0 Å². The molecule has 10 rings (SSSR count). The van der Waals surface area contributed by atoms with Crippen LogP contribution in [0.4, 0.5) is 11.4 Å². The Kier molecular flexibility index (Phi) is 19.4. The number of nitrogens with zero attached hydrogens (tertiary/aromatic N) is 3. The fraction of sp³-hybridized carbons (Fsp3) is 0.500. The van der Waals surface area contributed by atoms with Crippen LogP contribution < -0.4 is 0 Å². The Morgan fingerprint density at radius 1 is 0.362 bits per heavy atom. The van der Waals surface area contributed by atoms with Gasteiger partial charge in [-0.15, -0.1) is 0 Å². The van der Waals surface area contributed by atoms with Crippen LogP contribution in [0.3, 0.4) is 0 Å². The van der Waals surface area contributed by atoms with E-state index in [4.69, 9.17) is 9.98 Å². The van der Waals surface area contributed by atoms with Crippen molar-refractivity contribution in [3.63, 3.8) is 0 Å². The van der Waals surface area contributed by atoms with E-state index in [1.165, 1.54) is 94.9 Å². The predicted octanol–water partition coefficient (Wildman–Crippen LogP) is 22.1. The molecule has 3 N–H and O–H groups in total. The summed E-state index contributed by atoms with van der Waals surface area (Å²) in [7, 11) is 0. The normalized spacial score (nSPS) is 13.7. The SMILES string of the molecule is CC(C)(C)C1=Nc2cc(C(C)(C)C)ccc2C1.CC(C)(C)C1=Nc2cc(C(C)(C)C)ccc2C1.CC(C)c1ccc2cc(C(C)(C)C)[nH]c2c1.CC(C)c1ccc2cc(C(C)C)[nH]c2c1.CC(C)c1ccc2nc(C(C)C)[nH]c2c1. The lowest BCUT2D eigenvalue weighted by Gasteiger charge is -2.19. The van der Waals surface area contributed by atoms with Crippen LogP contribution in [-0.2, 0) is 29.1 Å². The van der Waals surface area contributed by atoms with E-state index in [1.54, 1.807) is 0 Å². The molecule has 2 aliphatic heterocycles. The molecule has 0 unspecified atom stereocenters. The van der Waals surface area contributed by atoms with Gasteiger partial charge in [-0.1, -0.05) is 228 Å². The second-order valence-corrected chi connectivity index (χ2v) is 29.7. The van der Waals surface area contributed by atoms with Crippen molar-refractivity contribution in [1.29, 1.82) is 0 Å². The fourth-order valence-electron chi connectivity index (χ4n) is 9.59. The van der Waals surface area contributed by atoms with Crippen molar-refractivity contribution in [2.75, 3.05) is 0 Å². The molecule has 2 aliphatic rings. The average molecular weight is 1080 g/mol. The highest BCUT2D eigenvalue weighted by Crippen LogP contribution is 2.38. The van der Waals surface area contributed by atoms with Gasteiger partial charge in [-0.2, -0.15) is 0 Å². The average Bonchev–Trinajstić information content (AvgIpc) is 4.30. The van der Waals surface area contributed by atoms with E-state index in [9.17, 15) is 0 Å². The third-order valence-corrected chi connectivity index (χ3v) is 15.7. The van der Waals surface area contributed by atoms with Gasteiger partial charge in [0.05, 0.1) is 22.4 Å². The number of aromatic nitrogens is 4. The van der Waals surface area contributed by atoms with Gasteiger partial charge >= 0.3 is 0 Å². The molecule has 8 aromatic rings. The van der Waals surface area contributed by atoms with E-state index in [0.717, 1.165) is 29.7 Å². The van der Waals surface area contributed by atoms with Crippen LogP contribution in [-0.4, -0.2) is 31.4 Å². The Labute approximate surface area is 485 Å². The lowest BCUT2D eigenvalue weighted by Crippen LogP contribution is -2.19. The molecule has 5 aromatic carbocycles. The van der Waals surface area contributed by atoms with Crippen LogP contribution in [0.2, 0.25) is 0 Å². The molecule has 5 heterocycles. The number of hydrogen-bond donors (Lipinski definition) is 3. The highest BCUT2D eigenvalue weighted by Gasteiger charge is 2.28. The van der Waals surface area contributed by atoms with Gasteiger partial charge in [0.25, 0.3) is 0 Å². The maximum Gasteiger partial charge on any atom is 0.109 e. The summed E-state index contributed by atoms with van der Waals surface area (Å²) >= 11 is 0. The smallest absolute Gasteiger partial charge is 0.109 e. The molecule has 0 radical (unpaired) electrons. The fourth-order valence-corrected chi connectivity index (χ4v) is 9.59. The van der Waals surface area contributed by atoms with Crippen LogP contribution in [0, 0.1) is 10.8 Å². The van der Waals surface area contributed by atoms with Gasteiger partial charge < -0.3 is 15.0 Å². The number of aromatic amines is 3. The molecule has 0 fully saturated rings. The predicted molar refractivity (Wildman–Crippen MR) is 353 cm³/mol. The van der Waals surface area contributed by atoms with Gasteiger partial charge in [-0.05, 0) is 133 Å². The molecule has 430 valence electrons. The second kappa shape index (κ2) is 24.6. The third kappa shape index (κ3) is 16.3. The van der Waals surface area contributed by atoms with Gasteiger partial charge in [-0.25, -0.2) is 4.98 Å². The molecule has 80 heavy (non-hydrogen) atoms. The molecule has 0 saturated carbocycles. The molecule has 0 aliphatic carbocycles. The number of fused-ring (bicyclic) bond motifs is 5. The van der Waals surface area contributed by atoms with Gasteiger partial charge in [0.15, 0.2) is 0 Å². The first-order valence-corrected chi connectivity index (χ1v) is 30.1. The van der Waals surface area contributed by atoms with Crippen molar-refractivity contribution in [3.05, 3.63) is 159 Å². The van der Waals surface area contributed by atoms with Crippen molar-refractivity contribution in [1.82, 2.24) is 19.9 Å². The number of imidazole rings is 1. The molecule has 6 heteroatoms. The summed E-state index contributed by atoms with van der Waals surface area (Å²) in [5, 5.41) is 2.64. The van der Waals surface area contributed by atoms with E-state index in [2.05, 4.69) is 296 Å². The third-order valence-electron chi connectivity index (χ3n) is 15.7. The number of rotatable bonds is 5. The first kappa shape index (κ1) is 63.2. The zero-order valence-corrected chi connectivity index (χ0v) is 54.5. The minimum atomic E-state index is 0.181. The molecule has 0 atom stereocenters. The van der Waals surface area contributed by atoms with Crippen molar-refractivity contribution in [2.24, 2.45) is 20.8 Å². The van der Waals surface area contributed by atoms with Gasteiger partial charge in [-0.3, -0.25) is 9.98 Å². The Hall–Kier alpha value is -6.01. The number of hydrogen-bond acceptors (Lipinski definition) is 3. The molecule has 0 amide bonds. The topological polar surface area (TPSA) is 85.0 Å². The zero-order valence-electron chi connectivity index (χ0n) is 54.5. The first-order chi connectivity index (χ1) is 36.9. The number of aliphatic imine (C=N–C) groups is 2. The lowest BCUT2D eigenvalue weighted by atomic mass is 9.85. The van der Waals surface area contributed by atoms with Crippen LogP contribution >= 0.6 is 0 Å². The van der Waals surface area contributed by atoms with Crippen molar-refractivity contribution in [3.8, 4) is 0 Å². The van der Waals surface area contributed by atoms with Crippen LogP contribution in [0.1, 0.15) is 259 Å². The summed E-state index contributed by atoms with van der Waals surface area (Å²) in [4.78, 5) is 24.6. The largest absolute Gasteiger partial charge is 0.358 e. The number of nitrogens with one attached hydrogen (secondary N) is 3. The first-order valence-electron chi connectivity index (χ1n) is 30.1. The molecular weight excluding hydrogens is 973 g/mol.